The predicted molar refractivity (Wildman–Crippen MR) is 59.4 cm³/mol. The first-order chi connectivity index (χ1) is 7.51. The van der Waals surface area contributed by atoms with E-state index in [2.05, 4.69) is 4.74 Å². The third kappa shape index (κ3) is 5.66. The summed E-state index contributed by atoms with van der Waals surface area (Å²) in [7, 11) is 3.25. The van der Waals surface area contributed by atoms with E-state index in [1.165, 1.54) is 24.3 Å². The van der Waals surface area contributed by atoms with Crippen LogP contribution in [0.15, 0.2) is 24.3 Å². The highest BCUT2D eigenvalue weighted by atomic mass is 16.4. The second-order valence-corrected chi connectivity index (χ2v) is 2.83. The normalized spacial score (nSPS) is 9.62. The molecule has 3 N–H and O–H groups in total. The molecule has 0 bridgehead atoms. The SMILES string of the molecule is COC.O=C(O)/C=C/c1ccc(O)c(O)c1. The van der Waals surface area contributed by atoms with Crippen molar-refractivity contribution in [1.82, 2.24) is 0 Å². The molecule has 5 nitrogen and oxygen atoms in total. The van der Waals surface area contributed by atoms with E-state index in [1.54, 1.807) is 14.2 Å². The van der Waals surface area contributed by atoms with Crippen molar-refractivity contribution in [1.29, 1.82) is 0 Å². The van der Waals surface area contributed by atoms with Crippen LogP contribution in [0.3, 0.4) is 0 Å². The van der Waals surface area contributed by atoms with E-state index in [1.807, 2.05) is 0 Å². The van der Waals surface area contributed by atoms with E-state index in [-0.39, 0.29) is 11.5 Å². The molecule has 0 saturated heterocycles. The van der Waals surface area contributed by atoms with Crippen molar-refractivity contribution in [2.24, 2.45) is 0 Å². The fourth-order valence-electron chi connectivity index (χ4n) is 0.812. The molecule has 0 aromatic heterocycles. The van der Waals surface area contributed by atoms with Crippen molar-refractivity contribution in [2.75, 3.05) is 14.2 Å². The minimum Gasteiger partial charge on any atom is -0.504 e. The van der Waals surface area contributed by atoms with Gasteiger partial charge in [-0.1, -0.05) is 6.07 Å². The molecule has 1 rings (SSSR count). The number of hydrogen-bond donors (Lipinski definition) is 3. The van der Waals surface area contributed by atoms with Crippen LogP contribution >= 0.6 is 0 Å². The third-order valence-corrected chi connectivity index (χ3v) is 1.42. The molecule has 16 heavy (non-hydrogen) atoms. The number of aliphatic carboxylic acids is 1. The Bertz CT molecular complexity index is 371. The van der Waals surface area contributed by atoms with E-state index >= 15 is 0 Å². The molecule has 88 valence electrons. The molecule has 1 aromatic rings. The van der Waals surface area contributed by atoms with Gasteiger partial charge in [0, 0.05) is 20.3 Å². The Morgan fingerprint density at radius 1 is 1.25 bits per heavy atom. The van der Waals surface area contributed by atoms with Crippen molar-refractivity contribution < 1.29 is 24.9 Å². The Morgan fingerprint density at radius 2 is 1.81 bits per heavy atom. The van der Waals surface area contributed by atoms with Crippen molar-refractivity contribution in [2.45, 2.75) is 0 Å². The van der Waals surface area contributed by atoms with Gasteiger partial charge in [-0.3, -0.25) is 0 Å². The molecule has 5 heteroatoms. The number of carbonyl (C=O) groups is 1. The molecule has 0 aliphatic rings. The second kappa shape index (κ2) is 7.30. The molecule has 0 fully saturated rings. The van der Waals surface area contributed by atoms with Gasteiger partial charge >= 0.3 is 5.97 Å². The van der Waals surface area contributed by atoms with Crippen molar-refractivity contribution >= 4 is 12.0 Å². The third-order valence-electron chi connectivity index (χ3n) is 1.42. The Kier molecular flexibility index (Phi) is 6.39. The van der Waals surface area contributed by atoms with Crippen LogP contribution in [-0.2, 0) is 9.53 Å². The van der Waals surface area contributed by atoms with Crippen LogP contribution in [0.1, 0.15) is 5.56 Å². The van der Waals surface area contributed by atoms with Crippen LogP contribution in [-0.4, -0.2) is 35.5 Å². The predicted octanol–water partition coefficient (Wildman–Crippen LogP) is 1.46. The number of benzene rings is 1. The molecule has 0 aliphatic carbocycles. The first-order valence-corrected chi connectivity index (χ1v) is 4.34. The van der Waals surface area contributed by atoms with Gasteiger partial charge in [-0.25, -0.2) is 4.79 Å². The second-order valence-electron chi connectivity index (χ2n) is 2.83. The first-order valence-electron chi connectivity index (χ1n) is 4.34. The van der Waals surface area contributed by atoms with Crippen LogP contribution in [0, 0.1) is 0 Å². The lowest BCUT2D eigenvalue weighted by Crippen LogP contribution is -1.85. The molecule has 0 heterocycles. The fraction of sp³-hybridized carbons (Fsp3) is 0.182. The van der Waals surface area contributed by atoms with Gasteiger partial charge in [0.25, 0.3) is 0 Å². The number of hydrogen-bond acceptors (Lipinski definition) is 4. The Morgan fingerprint density at radius 3 is 2.25 bits per heavy atom. The smallest absolute Gasteiger partial charge is 0.328 e. The summed E-state index contributed by atoms with van der Waals surface area (Å²) in [6, 6.07) is 4.06. The topological polar surface area (TPSA) is 87.0 Å². The largest absolute Gasteiger partial charge is 0.504 e. The van der Waals surface area contributed by atoms with Crippen LogP contribution in [0.5, 0.6) is 11.5 Å². The van der Waals surface area contributed by atoms with Gasteiger partial charge in [-0.15, -0.1) is 0 Å². The summed E-state index contributed by atoms with van der Waals surface area (Å²) in [5.74, 6) is -1.56. The van der Waals surface area contributed by atoms with E-state index in [0.29, 0.717) is 5.56 Å². The van der Waals surface area contributed by atoms with E-state index in [4.69, 9.17) is 15.3 Å². The minimum absolute atomic E-state index is 0.229. The lowest BCUT2D eigenvalue weighted by atomic mass is 10.2. The van der Waals surface area contributed by atoms with Crippen molar-refractivity contribution in [3.8, 4) is 11.5 Å². The molecule has 0 atom stereocenters. The Labute approximate surface area is 93.2 Å². The molecule has 1 aromatic carbocycles. The number of phenols is 2. The van der Waals surface area contributed by atoms with Crippen molar-refractivity contribution in [3.63, 3.8) is 0 Å². The highest BCUT2D eigenvalue weighted by Crippen LogP contribution is 2.25. The number of methoxy groups -OCH3 is 1. The van der Waals surface area contributed by atoms with Gasteiger partial charge in [0.1, 0.15) is 0 Å². The molecule has 0 saturated carbocycles. The van der Waals surface area contributed by atoms with Crippen LogP contribution in [0.25, 0.3) is 6.08 Å². The highest BCUT2D eigenvalue weighted by molar-refractivity contribution is 5.85. The van der Waals surface area contributed by atoms with Crippen molar-refractivity contribution in [3.05, 3.63) is 29.8 Å². The maximum Gasteiger partial charge on any atom is 0.328 e. The average molecular weight is 226 g/mol. The number of rotatable bonds is 2. The standard InChI is InChI=1S/C9H8O4.C2H6O/c10-7-3-1-6(5-8(7)11)2-4-9(12)13;1-3-2/h1-5,10-11H,(H,12,13);1-2H3/b4-2+;. The first kappa shape index (κ1) is 14.0. The van der Waals surface area contributed by atoms with Gasteiger partial charge in [0.2, 0.25) is 0 Å². The Hall–Kier alpha value is -2.01. The monoisotopic (exact) mass is 226 g/mol. The summed E-state index contributed by atoms with van der Waals surface area (Å²) in [5, 5.41) is 26.3. The maximum atomic E-state index is 10.1. The fourth-order valence-corrected chi connectivity index (χ4v) is 0.812. The van der Waals surface area contributed by atoms with Crippen LogP contribution in [0.2, 0.25) is 0 Å². The molecule has 0 radical (unpaired) electrons. The Balaban J connectivity index is 0.000000673. The summed E-state index contributed by atoms with van der Waals surface area (Å²) in [4.78, 5) is 10.1. The number of carboxylic acids is 1. The number of phenolic OH excluding ortho intramolecular Hbond substituents is 2. The summed E-state index contributed by atoms with van der Waals surface area (Å²) >= 11 is 0. The zero-order valence-electron chi connectivity index (χ0n) is 9.04. The van der Waals surface area contributed by atoms with Crippen LogP contribution in [0.4, 0.5) is 0 Å². The zero-order valence-corrected chi connectivity index (χ0v) is 9.04. The van der Waals surface area contributed by atoms with Gasteiger partial charge in [0.05, 0.1) is 0 Å². The quantitative estimate of drug-likeness (QED) is 0.525. The molecule has 0 amide bonds. The summed E-state index contributed by atoms with van der Waals surface area (Å²) < 4.78 is 4.25. The highest BCUT2D eigenvalue weighted by Gasteiger charge is 1.97. The van der Waals surface area contributed by atoms with Gasteiger partial charge in [0.15, 0.2) is 11.5 Å². The lowest BCUT2D eigenvalue weighted by molar-refractivity contribution is -0.131. The van der Waals surface area contributed by atoms with Gasteiger partial charge < -0.3 is 20.1 Å². The number of carboxylic acid groups (broad SMARTS) is 1. The van der Waals surface area contributed by atoms with Gasteiger partial charge in [-0.2, -0.15) is 0 Å². The lowest BCUT2D eigenvalue weighted by Gasteiger charge is -1.97. The molecular formula is C11H14O5. The van der Waals surface area contributed by atoms with E-state index < -0.39 is 5.97 Å². The van der Waals surface area contributed by atoms with E-state index in [0.717, 1.165) is 6.08 Å². The van der Waals surface area contributed by atoms with E-state index in [9.17, 15) is 4.79 Å². The molecule has 0 spiro atoms. The zero-order chi connectivity index (χ0) is 12.6. The van der Waals surface area contributed by atoms with Gasteiger partial charge in [-0.05, 0) is 23.8 Å². The van der Waals surface area contributed by atoms with Crippen LogP contribution < -0.4 is 0 Å². The number of aromatic hydroxyl groups is 2. The average Bonchev–Trinajstić information content (AvgIpc) is 2.21. The number of ether oxygens (including phenoxy) is 1. The maximum absolute atomic E-state index is 10.1. The summed E-state index contributed by atoms with van der Waals surface area (Å²) in [6.07, 6.45) is 2.27. The summed E-state index contributed by atoms with van der Waals surface area (Å²) in [6.45, 7) is 0. The molecular weight excluding hydrogens is 212 g/mol. The summed E-state index contributed by atoms with van der Waals surface area (Å²) in [5.41, 5.74) is 0.512. The molecule has 0 unspecified atom stereocenters. The minimum atomic E-state index is -1.06. The molecule has 0 aliphatic heterocycles.